The van der Waals surface area contributed by atoms with E-state index in [9.17, 15) is 9.59 Å². The minimum atomic E-state index is -0.833. The van der Waals surface area contributed by atoms with Crippen LogP contribution in [0, 0.1) is 0 Å². The first kappa shape index (κ1) is 11.0. The van der Waals surface area contributed by atoms with Gasteiger partial charge in [0.1, 0.15) is 11.1 Å². The monoisotopic (exact) mass is 239 g/mol. The largest absolute Gasteiger partial charge is 0.497 e. The molecular formula is C11H10ClNO3. The Labute approximate surface area is 97.5 Å². The van der Waals surface area contributed by atoms with Gasteiger partial charge in [-0.2, -0.15) is 0 Å². The van der Waals surface area contributed by atoms with Crippen LogP contribution in [0.2, 0.25) is 0 Å². The van der Waals surface area contributed by atoms with Crippen LogP contribution >= 0.6 is 11.6 Å². The lowest BCUT2D eigenvalue weighted by Crippen LogP contribution is -2.22. The zero-order valence-corrected chi connectivity index (χ0v) is 9.32. The van der Waals surface area contributed by atoms with Gasteiger partial charge in [0.2, 0.25) is 11.8 Å². The molecule has 16 heavy (non-hydrogen) atoms. The number of imide groups is 1. The summed E-state index contributed by atoms with van der Waals surface area (Å²) in [7, 11) is 1.56. The molecule has 0 bridgehead atoms. The van der Waals surface area contributed by atoms with Gasteiger partial charge in [-0.15, -0.1) is 11.6 Å². The van der Waals surface area contributed by atoms with Crippen molar-refractivity contribution >= 4 is 23.4 Å². The highest BCUT2D eigenvalue weighted by molar-refractivity contribution is 6.37. The third kappa shape index (κ3) is 1.76. The fourth-order valence-corrected chi connectivity index (χ4v) is 2.00. The van der Waals surface area contributed by atoms with Gasteiger partial charge < -0.3 is 4.74 Å². The van der Waals surface area contributed by atoms with E-state index in [0.717, 1.165) is 0 Å². The third-order valence-corrected chi connectivity index (χ3v) is 3.00. The molecule has 1 aliphatic rings. The van der Waals surface area contributed by atoms with Crippen LogP contribution in [0.3, 0.4) is 0 Å². The minimum Gasteiger partial charge on any atom is -0.497 e. The van der Waals surface area contributed by atoms with Gasteiger partial charge in [-0.1, -0.05) is 12.1 Å². The van der Waals surface area contributed by atoms with Gasteiger partial charge in [0, 0.05) is 0 Å². The number of benzene rings is 1. The third-order valence-electron chi connectivity index (χ3n) is 2.55. The fraction of sp³-hybridized carbons (Fsp3) is 0.273. The molecule has 1 fully saturated rings. The predicted octanol–water partition coefficient (Wildman–Crippen LogP) is 1.04. The Balaban J connectivity index is 2.29. The lowest BCUT2D eigenvalue weighted by molar-refractivity contribution is -0.125. The van der Waals surface area contributed by atoms with Crippen LogP contribution in [0.4, 0.5) is 0 Å². The second kappa shape index (κ2) is 4.14. The lowest BCUT2D eigenvalue weighted by atomic mass is 9.97. The molecule has 0 aromatic heterocycles. The summed E-state index contributed by atoms with van der Waals surface area (Å²) in [6.07, 6.45) is 0. The van der Waals surface area contributed by atoms with Gasteiger partial charge in [-0.25, -0.2) is 0 Å². The standard InChI is InChI=1S/C11H10ClNO3/c1-16-7-4-2-6(3-5-7)8-9(12)11(15)13-10(8)14/h2-5,8-9H,1H3,(H,13,14,15). The number of carbonyl (C=O) groups excluding carboxylic acids is 2. The normalized spacial score (nSPS) is 24.4. The maximum Gasteiger partial charge on any atom is 0.245 e. The first-order valence-electron chi connectivity index (χ1n) is 4.76. The first-order chi connectivity index (χ1) is 7.63. The van der Waals surface area contributed by atoms with E-state index in [0.29, 0.717) is 11.3 Å². The number of hydrogen-bond donors (Lipinski definition) is 1. The van der Waals surface area contributed by atoms with Crippen LogP contribution in [0.5, 0.6) is 5.75 Å². The number of halogens is 1. The highest BCUT2D eigenvalue weighted by atomic mass is 35.5. The van der Waals surface area contributed by atoms with Crippen molar-refractivity contribution in [1.82, 2.24) is 5.32 Å². The van der Waals surface area contributed by atoms with E-state index in [1.54, 1.807) is 31.4 Å². The number of alkyl halides is 1. The molecule has 2 rings (SSSR count). The Morgan fingerprint density at radius 2 is 1.81 bits per heavy atom. The van der Waals surface area contributed by atoms with E-state index in [2.05, 4.69) is 5.32 Å². The Kier molecular flexibility index (Phi) is 2.83. The van der Waals surface area contributed by atoms with Crippen molar-refractivity contribution in [1.29, 1.82) is 0 Å². The van der Waals surface area contributed by atoms with Crippen molar-refractivity contribution in [3.63, 3.8) is 0 Å². The molecule has 2 unspecified atom stereocenters. The van der Waals surface area contributed by atoms with Crippen LogP contribution in [0.15, 0.2) is 24.3 Å². The lowest BCUT2D eigenvalue weighted by Gasteiger charge is -2.10. The molecule has 1 N–H and O–H groups in total. The van der Waals surface area contributed by atoms with E-state index < -0.39 is 17.2 Å². The second-order valence-corrected chi connectivity index (χ2v) is 3.98. The van der Waals surface area contributed by atoms with Crippen LogP contribution in [0.25, 0.3) is 0 Å². The summed E-state index contributed by atoms with van der Waals surface area (Å²) in [6, 6.07) is 6.93. The summed E-state index contributed by atoms with van der Waals surface area (Å²) in [4.78, 5) is 22.7. The molecule has 84 valence electrons. The molecule has 1 aliphatic heterocycles. The zero-order chi connectivity index (χ0) is 11.7. The minimum absolute atomic E-state index is 0.352. The zero-order valence-electron chi connectivity index (χ0n) is 8.57. The second-order valence-electron chi connectivity index (χ2n) is 3.51. The Hall–Kier alpha value is -1.55. The average molecular weight is 240 g/mol. The summed E-state index contributed by atoms with van der Waals surface area (Å²) >= 11 is 5.87. The van der Waals surface area contributed by atoms with Crippen LogP contribution in [0.1, 0.15) is 11.5 Å². The Bertz CT molecular complexity index is 429. The number of amides is 2. The molecule has 1 aromatic carbocycles. The number of ether oxygens (including phenoxy) is 1. The molecule has 1 heterocycles. The molecular weight excluding hydrogens is 230 g/mol. The van der Waals surface area contributed by atoms with Gasteiger partial charge in [0.15, 0.2) is 0 Å². The van der Waals surface area contributed by atoms with Gasteiger partial charge in [-0.3, -0.25) is 14.9 Å². The van der Waals surface area contributed by atoms with Crippen molar-refractivity contribution in [3.8, 4) is 5.75 Å². The summed E-state index contributed by atoms with van der Waals surface area (Å²) < 4.78 is 5.01. The molecule has 4 nitrogen and oxygen atoms in total. The van der Waals surface area contributed by atoms with Gasteiger partial charge in [0.05, 0.1) is 13.0 Å². The molecule has 0 aliphatic carbocycles. The molecule has 5 heteroatoms. The quantitative estimate of drug-likeness (QED) is 0.620. The molecule has 0 radical (unpaired) electrons. The first-order valence-corrected chi connectivity index (χ1v) is 5.20. The van der Waals surface area contributed by atoms with Crippen LogP contribution < -0.4 is 10.1 Å². The topological polar surface area (TPSA) is 55.4 Å². The SMILES string of the molecule is COc1ccc(C2C(=O)NC(=O)C2Cl)cc1. The number of methoxy groups -OCH3 is 1. The molecule has 0 saturated carbocycles. The summed E-state index contributed by atoms with van der Waals surface area (Å²) in [5.41, 5.74) is 0.712. The number of carbonyl (C=O) groups is 2. The van der Waals surface area contributed by atoms with Crippen molar-refractivity contribution in [2.45, 2.75) is 11.3 Å². The molecule has 2 amide bonds. The van der Waals surface area contributed by atoms with Crippen molar-refractivity contribution in [2.24, 2.45) is 0 Å². The fourth-order valence-electron chi connectivity index (χ4n) is 1.68. The molecule has 2 atom stereocenters. The van der Waals surface area contributed by atoms with Gasteiger partial charge >= 0.3 is 0 Å². The Morgan fingerprint density at radius 3 is 2.25 bits per heavy atom. The van der Waals surface area contributed by atoms with E-state index in [-0.39, 0.29) is 5.91 Å². The smallest absolute Gasteiger partial charge is 0.245 e. The molecule has 0 spiro atoms. The summed E-state index contributed by atoms with van der Waals surface area (Å²) in [5, 5.41) is 1.37. The average Bonchev–Trinajstić information content (AvgIpc) is 2.54. The number of rotatable bonds is 2. The predicted molar refractivity (Wildman–Crippen MR) is 58.5 cm³/mol. The number of nitrogens with one attached hydrogen (secondary N) is 1. The highest BCUT2D eigenvalue weighted by Crippen LogP contribution is 2.29. The Morgan fingerprint density at radius 1 is 1.19 bits per heavy atom. The summed E-state index contributed by atoms with van der Waals surface area (Å²) in [5.74, 6) is -0.706. The maximum absolute atomic E-state index is 11.5. The summed E-state index contributed by atoms with van der Waals surface area (Å²) in [6.45, 7) is 0. The van der Waals surface area contributed by atoms with Crippen LogP contribution in [-0.4, -0.2) is 24.3 Å². The number of hydrogen-bond acceptors (Lipinski definition) is 3. The van der Waals surface area contributed by atoms with E-state index in [1.807, 2.05) is 0 Å². The molecule has 1 aromatic rings. The molecule has 1 saturated heterocycles. The van der Waals surface area contributed by atoms with Crippen molar-refractivity contribution in [2.75, 3.05) is 7.11 Å². The maximum atomic E-state index is 11.5. The van der Waals surface area contributed by atoms with Crippen molar-refractivity contribution < 1.29 is 14.3 Å². The van der Waals surface area contributed by atoms with E-state index in [1.165, 1.54) is 0 Å². The van der Waals surface area contributed by atoms with E-state index >= 15 is 0 Å². The van der Waals surface area contributed by atoms with Crippen molar-refractivity contribution in [3.05, 3.63) is 29.8 Å². The van der Waals surface area contributed by atoms with E-state index in [4.69, 9.17) is 16.3 Å². The highest BCUT2D eigenvalue weighted by Gasteiger charge is 2.41. The van der Waals surface area contributed by atoms with Gasteiger partial charge in [-0.05, 0) is 17.7 Å². The van der Waals surface area contributed by atoms with Crippen LogP contribution in [-0.2, 0) is 9.59 Å². The van der Waals surface area contributed by atoms with Gasteiger partial charge in [0.25, 0.3) is 0 Å².